The second-order valence-corrected chi connectivity index (χ2v) is 9.98. The van der Waals surface area contributed by atoms with E-state index in [-0.39, 0.29) is 11.9 Å². The fourth-order valence-electron chi connectivity index (χ4n) is 4.83. The first-order valence-electron chi connectivity index (χ1n) is 12.2. The molecule has 7 heteroatoms. The summed E-state index contributed by atoms with van der Waals surface area (Å²) in [6.07, 6.45) is 0. The van der Waals surface area contributed by atoms with Crippen molar-refractivity contribution in [1.29, 1.82) is 0 Å². The second-order valence-electron chi connectivity index (χ2n) is 9.14. The standard InChI is InChI=1S/C31H23Cl2N3O2/c32-24-14-10-21(11-15-24)28-27-29(35-34-28)31(37)36(18-23-8-4-5-9-26(23)33)30(27)22-12-16-25(17-13-22)38-19-20-6-2-1-3-7-20/h1-17,30H,18-19H2,(H,34,35). The molecular weight excluding hydrogens is 517 g/mol. The molecule has 1 atom stereocenters. The number of rotatable bonds is 7. The molecule has 1 N–H and O–H groups in total. The van der Waals surface area contributed by atoms with E-state index in [1.54, 1.807) is 0 Å². The predicted octanol–water partition coefficient (Wildman–Crippen LogP) is 7.71. The van der Waals surface area contributed by atoms with Gasteiger partial charge in [0.15, 0.2) is 0 Å². The van der Waals surface area contributed by atoms with E-state index < -0.39 is 0 Å². The third-order valence-corrected chi connectivity index (χ3v) is 7.34. The van der Waals surface area contributed by atoms with Gasteiger partial charge in [-0.2, -0.15) is 5.10 Å². The van der Waals surface area contributed by atoms with Crippen molar-refractivity contribution >= 4 is 29.1 Å². The summed E-state index contributed by atoms with van der Waals surface area (Å²) in [5.41, 5.74) is 5.85. The SMILES string of the molecule is O=C1c2[nH]nc(-c3ccc(Cl)cc3)c2C(c2ccc(OCc3ccccc3)cc2)N1Cc1ccccc1Cl. The van der Waals surface area contributed by atoms with Crippen LogP contribution in [0.25, 0.3) is 11.3 Å². The molecule has 1 aliphatic rings. The van der Waals surface area contributed by atoms with Crippen LogP contribution in [0.15, 0.2) is 103 Å². The van der Waals surface area contributed by atoms with E-state index in [1.807, 2.05) is 108 Å². The maximum absolute atomic E-state index is 13.7. The summed E-state index contributed by atoms with van der Waals surface area (Å²) in [6, 6.07) is 32.6. The molecule has 1 unspecified atom stereocenters. The fourth-order valence-corrected chi connectivity index (χ4v) is 5.15. The van der Waals surface area contributed by atoms with Gasteiger partial charge >= 0.3 is 0 Å². The van der Waals surface area contributed by atoms with Crippen LogP contribution >= 0.6 is 23.2 Å². The van der Waals surface area contributed by atoms with Crippen LogP contribution in [0.2, 0.25) is 10.0 Å². The lowest BCUT2D eigenvalue weighted by molar-refractivity contribution is 0.0730. The Labute approximate surface area is 230 Å². The van der Waals surface area contributed by atoms with Crippen molar-refractivity contribution in [2.75, 3.05) is 0 Å². The van der Waals surface area contributed by atoms with Crippen molar-refractivity contribution < 1.29 is 9.53 Å². The normalized spacial score (nSPS) is 14.5. The van der Waals surface area contributed by atoms with Crippen molar-refractivity contribution in [3.63, 3.8) is 0 Å². The van der Waals surface area contributed by atoms with Crippen molar-refractivity contribution in [2.45, 2.75) is 19.2 Å². The molecule has 6 rings (SSSR count). The first-order chi connectivity index (χ1) is 18.6. The summed E-state index contributed by atoms with van der Waals surface area (Å²) in [6.45, 7) is 0.839. The van der Waals surface area contributed by atoms with E-state index in [2.05, 4.69) is 10.2 Å². The minimum absolute atomic E-state index is 0.123. The molecule has 38 heavy (non-hydrogen) atoms. The highest BCUT2D eigenvalue weighted by atomic mass is 35.5. The zero-order valence-electron chi connectivity index (χ0n) is 20.3. The predicted molar refractivity (Wildman–Crippen MR) is 149 cm³/mol. The molecule has 188 valence electrons. The van der Waals surface area contributed by atoms with Gasteiger partial charge in [0.1, 0.15) is 18.1 Å². The van der Waals surface area contributed by atoms with Crippen LogP contribution in [-0.2, 0) is 13.2 Å². The van der Waals surface area contributed by atoms with Crippen LogP contribution in [0, 0.1) is 0 Å². The minimum Gasteiger partial charge on any atom is -0.489 e. The number of H-pyrrole nitrogens is 1. The van der Waals surface area contributed by atoms with Gasteiger partial charge in [-0.25, -0.2) is 0 Å². The summed E-state index contributed by atoms with van der Waals surface area (Å²) in [7, 11) is 0. The molecule has 0 spiro atoms. The highest BCUT2D eigenvalue weighted by molar-refractivity contribution is 6.31. The number of hydrogen-bond acceptors (Lipinski definition) is 3. The molecule has 0 bridgehead atoms. The molecule has 0 radical (unpaired) electrons. The Morgan fingerprint density at radius 3 is 2.29 bits per heavy atom. The van der Waals surface area contributed by atoms with Crippen molar-refractivity contribution in [1.82, 2.24) is 15.1 Å². The molecule has 5 nitrogen and oxygen atoms in total. The maximum atomic E-state index is 13.7. The molecular formula is C31H23Cl2N3O2. The van der Waals surface area contributed by atoms with Crippen molar-refractivity contribution in [3.8, 4) is 17.0 Å². The number of ether oxygens (including phenoxy) is 1. The fraction of sp³-hybridized carbons (Fsp3) is 0.0968. The zero-order valence-corrected chi connectivity index (χ0v) is 21.8. The number of carbonyl (C=O) groups is 1. The van der Waals surface area contributed by atoms with Crippen LogP contribution in [0.5, 0.6) is 5.75 Å². The zero-order chi connectivity index (χ0) is 26.1. The first-order valence-corrected chi connectivity index (χ1v) is 13.0. The molecule has 0 fully saturated rings. The summed E-state index contributed by atoms with van der Waals surface area (Å²) >= 11 is 12.6. The Balaban J connectivity index is 1.37. The summed E-state index contributed by atoms with van der Waals surface area (Å²) in [4.78, 5) is 15.5. The lowest BCUT2D eigenvalue weighted by Gasteiger charge is -2.27. The minimum atomic E-state index is -0.360. The largest absolute Gasteiger partial charge is 0.489 e. The lowest BCUT2D eigenvalue weighted by atomic mass is 9.96. The van der Waals surface area contributed by atoms with Crippen LogP contribution in [0.4, 0.5) is 0 Å². The molecule has 1 amide bonds. The van der Waals surface area contributed by atoms with Gasteiger partial charge < -0.3 is 9.64 Å². The summed E-state index contributed by atoms with van der Waals surface area (Å²) in [5, 5.41) is 8.79. The molecule has 0 aliphatic carbocycles. The molecule has 4 aromatic carbocycles. The number of carbonyl (C=O) groups excluding carboxylic acids is 1. The number of nitrogens with zero attached hydrogens (tertiary/aromatic N) is 2. The van der Waals surface area contributed by atoms with Gasteiger partial charge in [-0.15, -0.1) is 0 Å². The molecule has 5 aromatic rings. The van der Waals surface area contributed by atoms with E-state index in [1.165, 1.54) is 0 Å². The Kier molecular flexibility index (Phi) is 6.62. The van der Waals surface area contributed by atoms with E-state index in [4.69, 9.17) is 27.9 Å². The van der Waals surface area contributed by atoms with Gasteiger partial charge in [-0.3, -0.25) is 9.89 Å². The lowest BCUT2D eigenvalue weighted by Crippen LogP contribution is -2.29. The number of nitrogens with one attached hydrogen (secondary N) is 1. The molecule has 1 aliphatic heterocycles. The molecule has 1 aromatic heterocycles. The van der Waals surface area contributed by atoms with E-state index in [9.17, 15) is 4.79 Å². The topological polar surface area (TPSA) is 58.2 Å². The number of benzene rings is 4. The number of fused-ring (bicyclic) bond motifs is 1. The average Bonchev–Trinajstić information content (AvgIpc) is 3.49. The van der Waals surface area contributed by atoms with Gasteiger partial charge in [-0.1, -0.05) is 96.0 Å². The molecule has 0 saturated heterocycles. The van der Waals surface area contributed by atoms with E-state index in [0.717, 1.165) is 39.3 Å². The Bertz CT molecular complexity index is 1580. The molecule has 0 saturated carbocycles. The Morgan fingerprint density at radius 2 is 1.55 bits per heavy atom. The number of hydrogen-bond donors (Lipinski definition) is 1. The maximum Gasteiger partial charge on any atom is 0.273 e. The summed E-state index contributed by atoms with van der Waals surface area (Å²) < 4.78 is 6.00. The highest BCUT2D eigenvalue weighted by Crippen LogP contribution is 2.44. The first kappa shape index (κ1) is 24.3. The van der Waals surface area contributed by atoms with Gasteiger partial charge in [0.25, 0.3) is 5.91 Å². The summed E-state index contributed by atoms with van der Waals surface area (Å²) in [5.74, 6) is 0.631. The Hall–Kier alpha value is -4.06. The third kappa shape index (κ3) is 4.67. The average molecular weight is 540 g/mol. The van der Waals surface area contributed by atoms with Gasteiger partial charge in [0.05, 0.1) is 11.7 Å². The van der Waals surface area contributed by atoms with Gasteiger partial charge in [0, 0.05) is 27.7 Å². The molecule has 2 heterocycles. The van der Waals surface area contributed by atoms with Crippen LogP contribution in [0.3, 0.4) is 0 Å². The highest BCUT2D eigenvalue weighted by Gasteiger charge is 2.42. The van der Waals surface area contributed by atoms with Crippen molar-refractivity contribution in [2.24, 2.45) is 0 Å². The van der Waals surface area contributed by atoms with E-state index in [0.29, 0.717) is 28.9 Å². The van der Waals surface area contributed by atoms with Crippen LogP contribution < -0.4 is 4.74 Å². The number of aromatic nitrogens is 2. The third-order valence-electron chi connectivity index (χ3n) is 6.72. The van der Waals surface area contributed by atoms with Crippen LogP contribution in [0.1, 0.15) is 38.8 Å². The smallest absolute Gasteiger partial charge is 0.273 e. The van der Waals surface area contributed by atoms with Crippen molar-refractivity contribution in [3.05, 3.63) is 141 Å². The second kappa shape index (κ2) is 10.4. The quantitative estimate of drug-likeness (QED) is 0.230. The Morgan fingerprint density at radius 1 is 0.842 bits per heavy atom. The number of aromatic amines is 1. The monoisotopic (exact) mass is 539 g/mol. The van der Waals surface area contributed by atoms with E-state index >= 15 is 0 Å². The number of halogens is 2. The number of amides is 1. The van der Waals surface area contributed by atoms with Crippen LogP contribution in [-0.4, -0.2) is 21.0 Å². The van der Waals surface area contributed by atoms with Gasteiger partial charge in [-0.05, 0) is 47.0 Å². The van der Waals surface area contributed by atoms with Gasteiger partial charge in [0.2, 0.25) is 0 Å².